The Morgan fingerprint density at radius 3 is 2.59 bits per heavy atom. The molecule has 2 amide bonds. The number of amides is 2. The lowest BCUT2D eigenvalue weighted by molar-refractivity contribution is -0.384. The van der Waals surface area contributed by atoms with Gasteiger partial charge in [-0.25, -0.2) is 4.90 Å². The second-order valence-corrected chi connectivity index (χ2v) is 5.73. The fourth-order valence-electron chi connectivity index (χ4n) is 2.88. The van der Waals surface area contributed by atoms with Crippen LogP contribution in [0.25, 0.3) is 0 Å². The molecular formula is C14H11ClN2O5. The lowest BCUT2D eigenvalue weighted by Crippen LogP contribution is -2.30. The number of aromatic hydroxyl groups is 1. The number of imide groups is 1. The van der Waals surface area contributed by atoms with Crippen molar-refractivity contribution >= 4 is 34.8 Å². The zero-order valence-electron chi connectivity index (χ0n) is 11.2. The van der Waals surface area contributed by atoms with Gasteiger partial charge >= 0.3 is 0 Å². The minimum atomic E-state index is -0.666. The Bertz CT molecular complexity index is 730. The number of allylic oxidation sites excluding steroid dienone is 2. The van der Waals surface area contributed by atoms with E-state index >= 15 is 0 Å². The first-order valence-electron chi connectivity index (χ1n) is 6.60. The van der Waals surface area contributed by atoms with Crippen LogP contribution < -0.4 is 4.90 Å². The standard InChI is InChI=1S/C14H11ClN2O5/c15-7-1-3-9-10(5-7)14(20)16(13(9)19)11-4-2-8(17(21)22)6-12(11)18/h1-2,4,6,9-10,18H,3,5H2. The monoisotopic (exact) mass is 322 g/mol. The number of carbonyl (C=O) groups is 2. The first-order valence-corrected chi connectivity index (χ1v) is 6.97. The van der Waals surface area contributed by atoms with Crippen LogP contribution in [-0.2, 0) is 9.59 Å². The molecule has 1 fully saturated rings. The molecule has 1 heterocycles. The number of nitro benzene ring substituents is 1. The maximum atomic E-state index is 12.4. The molecule has 0 bridgehead atoms. The molecule has 8 heteroatoms. The Morgan fingerprint density at radius 1 is 1.27 bits per heavy atom. The molecule has 2 unspecified atom stereocenters. The van der Waals surface area contributed by atoms with Crippen molar-refractivity contribution in [3.8, 4) is 5.75 Å². The van der Waals surface area contributed by atoms with Crippen LogP contribution in [0.5, 0.6) is 5.75 Å². The molecule has 22 heavy (non-hydrogen) atoms. The summed E-state index contributed by atoms with van der Waals surface area (Å²) in [4.78, 5) is 35.8. The van der Waals surface area contributed by atoms with Crippen molar-refractivity contribution in [2.24, 2.45) is 11.8 Å². The highest BCUT2D eigenvalue weighted by molar-refractivity contribution is 6.30. The number of hydrogen-bond acceptors (Lipinski definition) is 5. The van der Waals surface area contributed by atoms with E-state index in [1.807, 2.05) is 0 Å². The lowest BCUT2D eigenvalue weighted by Gasteiger charge is -2.17. The molecule has 0 aromatic heterocycles. The van der Waals surface area contributed by atoms with E-state index in [1.54, 1.807) is 6.08 Å². The quantitative estimate of drug-likeness (QED) is 0.511. The number of non-ortho nitro benzene ring substituents is 1. The molecule has 0 saturated carbocycles. The molecule has 7 nitrogen and oxygen atoms in total. The number of anilines is 1. The van der Waals surface area contributed by atoms with E-state index in [1.165, 1.54) is 6.07 Å². The smallest absolute Gasteiger partial charge is 0.273 e. The third-order valence-electron chi connectivity index (χ3n) is 3.98. The van der Waals surface area contributed by atoms with Crippen molar-refractivity contribution < 1.29 is 19.6 Å². The van der Waals surface area contributed by atoms with Crippen LogP contribution in [0.4, 0.5) is 11.4 Å². The zero-order chi connectivity index (χ0) is 16.0. The summed E-state index contributed by atoms with van der Waals surface area (Å²) in [6.07, 6.45) is 2.38. The molecule has 1 aliphatic heterocycles. The van der Waals surface area contributed by atoms with Gasteiger partial charge in [-0.1, -0.05) is 17.7 Å². The van der Waals surface area contributed by atoms with Gasteiger partial charge in [-0.05, 0) is 18.9 Å². The normalized spacial score (nSPS) is 24.2. The van der Waals surface area contributed by atoms with Crippen molar-refractivity contribution in [2.75, 3.05) is 4.90 Å². The fraction of sp³-hybridized carbons (Fsp3) is 0.286. The summed E-state index contributed by atoms with van der Waals surface area (Å²) in [5, 5.41) is 21.2. The van der Waals surface area contributed by atoms with Gasteiger partial charge in [-0.2, -0.15) is 0 Å². The Morgan fingerprint density at radius 2 is 1.95 bits per heavy atom. The number of hydrogen-bond donors (Lipinski definition) is 1. The maximum Gasteiger partial charge on any atom is 0.273 e. The zero-order valence-corrected chi connectivity index (χ0v) is 12.0. The highest BCUT2D eigenvalue weighted by atomic mass is 35.5. The Balaban J connectivity index is 1.98. The van der Waals surface area contributed by atoms with Crippen LogP contribution in [0.3, 0.4) is 0 Å². The van der Waals surface area contributed by atoms with Crippen molar-refractivity contribution in [3.05, 3.63) is 39.4 Å². The topological polar surface area (TPSA) is 101 Å². The van der Waals surface area contributed by atoms with E-state index in [0.717, 1.165) is 17.0 Å². The third-order valence-corrected chi connectivity index (χ3v) is 4.29. The number of halogens is 1. The van der Waals surface area contributed by atoms with E-state index in [0.29, 0.717) is 17.9 Å². The van der Waals surface area contributed by atoms with Gasteiger partial charge in [0.05, 0.1) is 28.5 Å². The van der Waals surface area contributed by atoms with Gasteiger partial charge in [0.25, 0.3) is 5.69 Å². The average molecular weight is 323 g/mol. The predicted octanol–water partition coefficient (Wildman–Crippen LogP) is 2.32. The van der Waals surface area contributed by atoms with Crippen LogP contribution in [0.1, 0.15) is 12.8 Å². The van der Waals surface area contributed by atoms with E-state index < -0.39 is 34.3 Å². The molecule has 1 saturated heterocycles. The number of benzene rings is 1. The van der Waals surface area contributed by atoms with Gasteiger partial charge in [0.15, 0.2) is 0 Å². The SMILES string of the molecule is O=C1C2CC=C(Cl)CC2C(=O)N1c1ccc([N+](=O)[O-])cc1O. The Kier molecular flexibility index (Phi) is 3.37. The van der Waals surface area contributed by atoms with E-state index in [4.69, 9.17) is 11.6 Å². The Hall–Kier alpha value is -2.41. The number of phenols is 1. The van der Waals surface area contributed by atoms with Crippen LogP contribution in [0.15, 0.2) is 29.3 Å². The second kappa shape index (κ2) is 5.10. The van der Waals surface area contributed by atoms with Gasteiger partial charge in [-0.15, -0.1) is 0 Å². The predicted molar refractivity (Wildman–Crippen MR) is 77.4 cm³/mol. The van der Waals surface area contributed by atoms with Gasteiger partial charge in [0.1, 0.15) is 5.75 Å². The molecule has 2 aliphatic rings. The third kappa shape index (κ3) is 2.14. The summed E-state index contributed by atoms with van der Waals surface area (Å²) in [5.41, 5.74) is -0.353. The average Bonchev–Trinajstić information content (AvgIpc) is 2.71. The molecule has 0 radical (unpaired) electrons. The minimum Gasteiger partial charge on any atom is -0.505 e. The number of phenolic OH excluding ortho intramolecular Hbond substituents is 1. The summed E-state index contributed by atoms with van der Waals surface area (Å²) in [7, 11) is 0. The largest absolute Gasteiger partial charge is 0.505 e. The van der Waals surface area contributed by atoms with Gasteiger partial charge in [0, 0.05) is 11.1 Å². The highest BCUT2D eigenvalue weighted by Crippen LogP contribution is 2.43. The summed E-state index contributed by atoms with van der Waals surface area (Å²) in [5.74, 6) is -2.37. The summed E-state index contributed by atoms with van der Waals surface area (Å²) in [6.45, 7) is 0. The number of nitro groups is 1. The van der Waals surface area contributed by atoms with Crippen LogP contribution >= 0.6 is 11.6 Å². The van der Waals surface area contributed by atoms with E-state index in [9.17, 15) is 24.8 Å². The molecule has 1 aromatic rings. The van der Waals surface area contributed by atoms with Gasteiger partial charge in [-0.3, -0.25) is 19.7 Å². The van der Waals surface area contributed by atoms with Crippen molar-refractivity contribution in [1.82, 2.24) is 0 Å². The van der Waals surface area contributed by atoms with Crippen LogP contribution in [0.2, 0.25) is 0 Å². The van der Waals surface area contributed by atoms with Crippen LogP contribution in [-0.4, -0.2) is 21.8 Å². The summed E-state index contributed by atoms with van der Waals surface area (Å²) < 4.78 is 0. The molecule has 0 spiro atoms. The summed E-state index contributed by atoms with van der Waals surface area (Å²) >= 11 is 5.93. The van der Waals surface area contributed by atoms with E-state index in [2.05, 4.69) is 0 Å². The molecule has 1 aliphatic carbocycles. The maximum absolute atomic E-state index is 12.4. The Labute approximate surface area is 129 Å². The minimum absolute atomic E-state index is 0.0360. The number of carbonyl (C=O) groups excluding carboxylic acids is 2. The van der Waals surface area contributed by atoms with Gasteiger partial charge in [0.2, 0.25) is 11.8 Å². The van der Waals surface area contributed by atoms with Crippen molar-refractivity contribution in [1.29, 1.82) is 0 Å². The van der Waals surface area contributed by atoms with E-state index in [-0.39, 0.29) is 11.4 Å². The summed E-state index contributed by atoms with van der Waals surface area (Å²) in [6, 6.07) is 3.27. The molecule has 2 atom stereocenters. The van der Waals surface area contributed by atoms with Crippen molar-refractivity contribution in [3.63, 3.8) is 0 Å². The van der Waals surface area contributed by atoms with Crippen LogP contribution in [0, 0.1) is 22.0 Å². The molecule has 1 N–H and O–H groups in total. The fourth-order valence-corrected chi connectivity index (χ4v) is 3.13. The first-order chi connectivity index (χ1) is 10.4. The second-order valence-electron chi connectivity index (χ2n) is 5.25. The molecule has 3 rings (SSSR count). The highest BCUT2D eigenvalue weighted by Gasteiger charge is 2.49. The molecular weight excluding hydrogens is 312 g/mol. The number of rotatable bonds is 2. The molecule has 114 valence electrons. The molecule has 1 aromatic carbocycles. The van der Waals surface area contributed by atoms with Gasteiger partial charge < -0.3 is 5.11 Å². The van der Waals surface area contributed by atoms with Crippen molar-refractivity contribution in [2.45, 2.75) is 12.8 Å². The lowest BCUT2D eigenvalue weighted by atomic mass is 9.85. The number of fused-ring (bicyclic) bond motifs is 1. The number of nitrogens with zero attached hydrogens (tertiary/aromatic N) is 2. The first kappa shape index (κ1) is 14.5.